The van der Waals surface area contributed by atoms with Crippen molar-refractivity contribution >= 4 is 17.9 Å². The van der Waals surface area contributed by atoms with Crippen LogP contribution in [0.2, 0.25) is 0 Å². The average molecular weight is 990 g/mol. The molecule has 0 aromatic carbocycles. The van der Waals surface area contributed by atoms with Crippen molar-refractivity contribution in [3.05, 3.63) is 0 Å². The molecule has 3 spiro atoms. The molecule has 0 amide bonds. The Labute approximate surface area is 410 Å². The number of hydrogen-bond acceptors (Lipinski definition) is 19. The highest BCUT2D eigenvalue weighted by Gasteiger charge is 2.73. The predicted molar refractivity (Wildman–Crippen MR) is 235 cm³/mol. The molecule has 6 bridgehead atoms. The molecule has 3 saturated carbocycles. The lowest BCUT2D eigenvalue weighted by atomic mass is 9.58. The molecule has 0 aromatic rings. The van der Waals surface area contributed by atoms with Gasteiger partial charge in [0.15, 0.2) is 35.7 Å². The molecule has 15 rings (SSSR count). The summed E-state index contributed by atoms with van der Waals surface area (Å²) in [4.78, 5) is 81.1. The smallest absolute Gasteiger partial charge is 0.322 e. The maximum atomic E-state index is 14.3. The van der Waals surface area contributed by atoms with Crippen molar-refractivity contribution < 1.29 is 86.3 Å². The highest BCUT2D eigenvalue weighted by molar-refractivity contribution is 5.78. The Bertz CT molecular complexity index is 1840. The minimum atomic E-state index is -1.01. The van der Waals surface area contributed by atoms with Crippen LogP contribution in [0.25, 0.3) is 0 Å². The third-order valence-corrected chi connectivity index (χ3v) is 20.1. The third-order valence-electron chi connectivity index (χ3n) is 20.1. The lowest BCUT2D eigenvalue weighted by Crippen LogP contribution is -2.70. The maximum absolute atomic E-state index is 14.3. The molecular formula is C51H75NO18. The van der Waals surface area contributed by atoms with Crippen LogP contribution in [0.15, 0.2) is 0 Å². The zero-order valence-electron chi connectivity index (χ0n) is 42.3. The molecule has 15 fully saturated rings. The summed E-state index contributed by atoms with van der Waals surface area (Å²) in [6, 6.07) is 0. The van der Waals surface area contributed by atoms with Gasteiger partial charge in [-0.1, -0.05) is 41.5 Å². The van der Waals surface area contributed by atoms with Gasteiger partial charge in [0.1, 0.15) is 0 Å². The van der Waals surface area contributed by atoms with Crippen LogP contribution >= 0.6 is 0 Å². The first kappa shape index (κ1) is 48.8. The lowest BCUT2D eigenvalue weighted by Gasteiger charge is -2.60. The summed E-state index contributed by atoms with van der Waals surface area (Å²) < 4.78 is 57.8. The van der Waals surface area contributed by atoms with Gasteiger partial charge in [0.05, 0.1) is 19.6 Å². The lowest BCUT2D eigenvalue weighted by molar-refractivity contribution is -0.576. The number of esters is 3. The topological polar surface area (TPSA) is 193 Å². The Morgan fingerprint density at radius 3 is 0.986 bits per heavy atom. The summed E-state index contributed by atoms with van der Waals surface area (Å²) in [5, 5.41) is 0. The van der Waals surface area contributed by atoms with Gasteiger partial charge in [-0.3, -0.25) is 19.3 Å². The number of fused-ring (bicyclic) bond motifs is 6. The Hall–Kier alpha value is -2.11. The number of rotatable bonds is 9. The Morgan fingerprint density at radius 2 is 0.700 bits per heavy atom. The van der Waals surface area contributed by atoms with Crippen LogP contribution in [0.4, 0.5) is 0 Å². The second kappa shape index (κ2) is 17.2. The zero-order valence-corrected chi connectivity index (χ0v) is 42.3. The van der Waals surface area contributed by atoms with E-state index < -0.39 is 109 Å². The summed E-state index contributed by atoms with van der Waals surface area (Å²) in [6.45, 7) is 16.8. The van der Waals surface area contributed by atoms with Gasteiger partial charge in [-0.25, -0.2) is 29.3 Å². The van der Waals surface area contributed by atoms with Gasteiger partial charge in [-0.05, 0) is 114 Å². The van der Waals surface area contributed by atoms with Crippen molar-refractivity contribution in [2.24, 2.45) is 71.0 Å². The monoisotopic (exact) mass is 989 g/mol. The van der Waals surface area contributed by atoms with Gasteiger partial charge in [-0.15, -0.1) is 0 Å². The Balaban J connectivity index is 0.770. The molecule has 15 aliphatic rings. The quantitative estimate of drug-likeness (QED) is 0.137. The van der Waals surface area contributed by atoms with Crippen molar-refractivity contribution in [1.82, 2.24) is 4.90 Å². The van der Waals surface area contributed by atoms with E-state index in [9.17, 15) is 14.4 Å². The first-order valence-electron chi connectivity index (χ1n) is 26.7. The van der Waals surface area contributed by atoms with E-state index in [1.54, 1.807) is 0 Å². The van der Waals surface area contributed by atoms with E-state index in [1.165, 1.54) is 4.90 Å². The van der Waals surface area contributed by atoms with Gasteiger partial charge in [0.2, 0.25) is 36.2 Å². The van der Waals surface area contributed by atoms with Crippen molar-refractivity contribution in [1.29, 1.82) is 0 Å². The molecule has 12 aliphatic heterocycles. The Kier molecular flexibility index (Phi) is 12.0. The van der Waals surface area contributed by atoms with E-state index in [0.717, 1.165) is 57.8 Å². The van der Waals surface area contributed by atoms with E-state index in [1.807, 2.05) is 41.5 Å². The minimum Gasteiger partial charge on any atom is -0.434 e. The first-order valence-corrected chi connectivity index (χ1v) is 26.7. The molecule has 3 aliphatic carbocycles. The van der Waals surface area contributed by atoms with Gasteiger partial charge < -0.3 is 42.6 Å². The third kappa shape index (κ3) is 7.46. The van der Waals surface area contributed by atoms with Gasteiger partial charge >= 0.3 is 17.9 Å². The number of carbonyl (C=O) groups excluding carboxylic acids is 3. The summed E-state index contributed by atoms with van der Waals surface area (Å²) in [6.07, 6.45) is 4.32. The molecule has 70 heavy (non-hydrogen) atoms. The van der Waals surface area contributed by atoms with Crippen LogP contribution in [-0.2, 0) is 86.3 Å². The van der Waals surface area contributed by atoms with E-state index >= 15 is 0 Å². The molecule has 0 aromatic heterocycles. The van der Waals surface area contributed by atoms with E-state index in [4.69, 9.17) is 72.0 Å². The average Bonchev–Trinajstić information content (AvgIpc) is 3.79. The first-order chi connectivity index (χ1) is 33.3. The van der Waals surface area contributed by atoms with Crippen LogP contribution in [0, 0.1) is 71.0 Å². The molecule has 19 heteroatoms. The van der Waals surface area contributed by atoms with Gasteiger partial charge in [0, 0.05) is 54.8 Å². The maximum Gasteiger partial charge on any atom is 0.322 e. The SMILES string of the molecule is C[C@@H]1CC[C@H]2[C@@H](C)C(OC(=O)CN(CC(=O)OC3O[C@@H]4OC5(C)CC[C@H]6[C@H](C)CC[C@@H]([C@H]3C)[C@@]46OO5)CC(=O)OC3O[C@@H]4OC5(C)CC[C@H]6[C@H](C)CC[C@@H]([C@H]3C)[C@@]46OO5)O[C@@H]3OC4(C)CC[C@@H]1[C@]32OO4. The summed E-state index contributed by atoms with van der Waals surface area (Å²) in [5.41, 5.74) is -2.56. The number of hydrogen-bond donors (Lipinski definition) is 0. The van der Waals surface area contributed by atoms with Crippen molar-refractivity contribution in [3.63, 3.8) is 0 Å². The fourth-order valence-electron chi connectivity index (χ4n) is 16.2. The summed E-state index contributed by atoms with van der Waals surface area (Å²) in [7, 11) is 0. The molecule has 0 N–H and O–H groups in total. The zero-order chi connectivity index (χ0) is 48.9. The van der Waals surface area contributed by atoms with Crippen LogP contribution in [-0.4, -0.2) is 114 Å². The second-order valence-corrected chi connectivity index (χ2v) is 24.4. The van der Waals surface area contributed by atoms with E-state index in [0.29, 0.717) is 37.0 Å². The second-order valence-electron chi connectivity index (χ2n) is 24.4. The fourth-order valence-corrected chi connectivity index (χ4v) is 16.2. The molecular weight excluding hydrogens is 915 g/mol. The van der Waals surface area contributed by atoms with Crippen LogP contribution in [0.5, 0.6) is 0 Å². The molecule has 392 valence electrons. The van der Waals surface area contributed by atoms with Gasteiger partial charge in [0.25, 0.3) is 0 Å². The fraction of sp³-hybridized carbons (Fsp3) is 0.941. The van der Waals surface area contributed by atoms with Gasteiger partial charge in [-0.2, -0.15) is 0 Å². The molecule has 24 atom stereocenters. The van der Waals surface area contributed by atoms with Crippen LogP contribution in [0.3, 0.4) is 0 Å². The van der Waals surface area contributed by atoms with Crippen molar-refractivity contribution in [3.8, 4) is 0 Å². The van der Waals surface area contributed by atoms with Crippen molar-refractivity contribution in [2.45, 2.75) is 211 Å². The highest BCUT2D eigenvalue weighted by atomic mass is 17.3. The molecule has 19 nitrogen and oxygen atoms in total. The number of carbonyl (C=O) groups is 3. The predicted octanol–water partition coefficient (Wildman–Crippen LogP) is 6.54. The molecule has 12 heterocycles. The van der Waals surface area contributed by atoms with E-state index in [-0.39, 0.29) is 53.3 Å². The molecule has 0 radical (unpaired) electrons. The van der Waals surface area contributed by atoms with Crippen molar-refractivity contribution in [2.75, 3.05) is 19.6 Å². The Morgan fingerprint density at radius 1 is 0.414 bits per heavy atom. The normalized spacial score (nSPS) is 54.9. The standard InChI is InChI=1S/C51H75NO18/c1-25-10-13-34-28(4)40(59-43-49(34)31(25)16-19-46(7,62-43)65-68-49)56-37(53)22-52(23-38(54)57-41-29(5)35-14-11-26(2)32-17-20-47(8)63-44(60-41)50(32,35)69-66-47)24-39(55)58-42-30(6)36-15-12-27(3)33-18-21-48(9)64-45(61-42)51(33,36)70-67-48/h25-36,40-45H,10-24H2,1-9H3/t25-,26-,27-,28-,29-,30-,31+,32+,33+,34+,35+,36+,40?,41?,42?,43-,44-,45-,46?,47?,48?,49-,50-,51-/m1/s1. The summed E-state index contributed by atoms with van der Waals surface area (Å²) in [5.74, 6) is -4.89. The summed E-state index contributed by atoms with van der Waals surface area (Å²) >= 11 is 0. The molecule has 6 unspecified atom stereocenters. The van der Waals surface area contributed by atoms with Crippen LogP contribution < -0.4 is 0 Å². The largest absolute Gasteiger partial charge is 0.434 e. The van der Waals surface area contributed by atoms with E-state index in [2.05, 4.69) is 20.8 Å². The number of ether oxygens (including phenoxy) is 9. The van der Waals surface area contributed by atoms with Crippen LogP contribution in [0.1, 0.15) is 139 Å². The number of nitrogens with zero attached hydrogens (tertiary/aromatic N) is 1. The highest BCUT2D eigenvalue weighted by Crippen LogP contribution is 2.64. The minimum absolute atomic E-state index is 0.0908. The molecule has 12 saturated heterocycles.